The van der Waals surface area contributed by atoms with Crippen LogP contribution >= 0.6 is 0 Å². The molecule has 0 aliphatic rings. The molecule has 1 atom stereocenters. The van der Waals surface area contributed by atoms with Crippen LogP contribution in [0.4, 0.5) is 10.1 Å². The lowest BCUT2D eigenvalue weighted by Gasteiger charge is -2.19. The van der Waals surface area contributed by atoms with Gasteiger partial charge in [-0.2, -0.15) is 0 Å². The Morgan fingerprint density at radius 2 is 2.22 bits per heavy atom. The smallest absolute Gasteiger partial charge is 0.328 e. The summed E-state index contributed by atoms with van der Waals surface area (Å²) in [6.07, 6.45) is 2.59. The van der Waals surface area contributed by atoms with Gasteiger partial charge >= 0.3 is 5.97 Å². The Bertz CT molecular complexity index is 407. The number of hydrogen-bond acceptors (Lipinski definition) is 3. The summed E-state index contributed by atoms with van der Waals surface area (Å²) in [7, 11) is 1.36. The third-order valence-electron chi connectivity index (χ3n) is 2.93. The van der Waals surface area contributed by atoms with Gasteiger partial charge < -0.3 is 10.1 Å². The molecule has 0 heterocycles. The minimum atomic E-state index is -0.421. The minimum Gasteiger partial charge on any atom is -0.467 e. The highest BCUT2D eigenvalue weighted by molar-refractivity contribution is 5.79. The topological polar surface area (TPSA) is 38.3 Å². The summed E-state index contributed by atoms with van der Waals surface area (Å²) in [5, 5.41) is 3.06. The van der Waals surface area contributed by atoms with Crippen LogP contribution in [0.1, 0.15) is 31.7 Å². The molecule has 1 aromatic rings. The van der Waals surface area contributed by atoms with Crippen LogP contribution < -0.4 is 5.32 Å². The molecule has 0 radical (unpaired) electrons. The molecule has 0 spiro atoms. The molecule has 4 heteroatoms. The van der Waals surface area contributed by atoms with Crippen LogP contribution in [0.2, 0.25) is 0 Å². The maximum Gasteiger partial charge on any atom is 0.328 e. The second-order valence-electron chi connectivity index (χ2n) is 4.27. The fourth-order valence-corrected chi connectivity index (χ4v) is 1.75. The van der Waals surface area contributed by atoms with Gasteiger partial charge in [0.2, 0.25) is 0 Å². The maximum atomic E-state index is 13.4. The van der Waals surface area contributed by atoms with Crippen molar-refractivity contribution in [3.63, 3.8) is 0 Å². The van der Waals surface area contributed by atoms with Gasteiger partial charge in [0.15, 0.2) is 0 Å². The molecule has 1 rings (SSSR count). The van der Waals surface area contributed by atoms with Gasteiger partial charge in [0.25, 0.3) is 0 Å². The second-order valence-corrected chi connectivity index (χ2v) is 4.27. The first-order chi connectivity index (χ1) is 8.60. The van der Waals surface area contributed by atoms with Crippen molar-refractivity contribution in [1.29, 1.82) is 0 Å². The van der Waals surface area contributed by atoms with Crippen molar-refractivity contribution in [3.05, 3.63) is 29.6 Å². The summed E-state index contributed by atoms with van der Waals surface area (Å²) in [6, 6.07) is 4.37. The SMILES string of the molecule is CCCCC(Nc1cccc(F)c1C)C(=O)OC. The van der Waals surface area contributed by atoms with E-state index in [1.54, 1.807) is 19.1 Å². The molecular formula is C14H20FNO2. The fraction of sp³-hybridized carbons (Fsp3) is 0.500. The number of halogens is 1. The predicted molar refractivity (Wildman–Crippen MR) is 70.1 cm³/mol. The van der Waals surface area contributed by atoms with Crippen LogP contribution in [-0.4, -0.2) is 19.1 Å². The molecule has 0 aliphatic carbocycles. The monoisotopic (exact) mass is 253 g/mol. The van der Waals surface area contributed by atoms with Gasteiger partial charge in [-0.3, -0.25) is 0 Å². The largest absolute Gasteiger partial charge is 0.467 e. The number of unbranched alkanes of at least 4 members (excludes halogenated alkanes) is 1. The van der Waals surface area contributed by atoms with E-state index in [9.17, 15) is 9.18 Å². The lowest BCUT2D eigenvalue weighted by molar-refractivity contribution is -0.141. The summed E-state index contributed by atoms with van der Waals surface area (Å²) < 4.78 is 18.2. The minimum absolute atomic E-state index is 0.279. The number of carbonyl (C=O) groups is 1. The molecule has 1 aromatic carbocycles. The molecule has 100 valence electrons. The molecule has 1 unspecified atom stereocenters. The molecule has 0 saturated carbocycles. The number of rotatable bonds is 6. The number of nitrogens with one attached hydrogen (secondary N) is 1. The van der Waals surface area contributed by atoms with Gasteiger partial charge in [-0.1, -0.05) is 25.8 Å². The number of esters is 1. The van der Waals surface area contributed by atoms with Gasteiger partial charge in [0, 0.05) is 11.3 Å². The Hall–Kier alpha value is -1.58. The number of anilines is 1. The third kappa shape index (κ3) is 3.72. The van der Waals surface area contributed by atoms with Gasteiger partial charge in [0.1, 0.15) is 11.9 Å². The van der Waals surface area contributed by atoms with E-state index in [4.69, 9.17) is 4.74 Å². The van der Waals surface area contributed by atoms with E-state index in [0.717, 1.165) is 12.8 Å². The highest BCUT2D eigenvalue weighted by Gasteiger charge is 2.19. The summed E-state index contributed by atoms with van der Waals surface area (Å²) in [6.45, 7) is 3.74. The zero-order valence-corrected chi connectivity index (χ0v) is 11.1. The summed E-state index contributed by atoms with van der Waals surface area (Å²) in [5.41, 5.74) is 1.16. The van der Waals surface area contributed by atoms with E-state index < -0.39 is 6.04 Å². The van der Waals surface area contributed by atoms with Crippen molar-refractivity contribution in [2.45, 2.75) is 39.2 Å². The average molecular weight is 253 g/mol. The van der Waals surface area contributed by atoms with Crippen LogP contribution in [0.15, 0.2) is 18.2 Å². The van der Waals surface area contributed by atoms with Gasteiger partial charge in [-0.25, -0.2) is 9.18 Å². The third-order valence-corrected chi connectivity index (χ3v) is 2.93. The van der Waals surface area contributed by atoms with Crippen LogP contribution in [0, 0.1) is 12.7 Å². The van der Waals surface area contributed by atoms with E-state index in [2.05, 4.69) is 12.2 Å². The zero-order chi connectivity index (χ0) is 13.5. The van der Waals surface area contributed by atoms with E-state index in [-0.39, 0.29) is 11.8 Å². The number of methoxy groups -OCH3 is 1. The Balaban J connectivity index is 2.81. The molecule has 3 nitrogen and oxygen atoms in total. The van der Waals surface area contributed by atoms with Crippen LogP contribution in [-0.2, 0) is 9.53 Å². The van der Waals surface area contributed by atoms with Crippen LogP contribution in [0.5, 0.6) is 0 Å². The van der Waals surface area contributed by atoms with Crippen molar-refractivity contribution in [1.82, 2.24) is 0 Å². The first kappa shape index (κ1) is 14.5. The molecule has 0 aromatic heterocycles. The number of benzene rings is 1. The number of ether oxygens (including phenoxy) is 1. The van der Waals surface area contributed by atoms with Crippen molar-refractivity contribution < 1.29 is 13.9 Å². The molecule has 1 N–H and O–H groups in total. The summed E-state index contributed by atoms with van der Waals surface area (Å²) in [5.74, 6) is -0.591. The van der Waals surface area contributed by atoms with Gasteiger partial charge in [-0.15, -0.1) is 0 Å². The molecule has 0 saturated heterocycles. The molecule has 0 aliphatic heterocycles. The van der Waals surface area contributed by atoms with Crippen molar-refractivity contribution in [2.24, 2.45) is 0 Å². The molecule has 18 heavy (non-hydrogen) atoms. The maximum absolute atomic E-state index is 13.4. The fourth-order valence-electron chi connectivity index (χ4n) is 1.75. The second kappa shape index (κ2) is 6.99. The van der Waals surface area contributed by atoms with E-state index in [1.165, 1.54) is 13.2 Å². The average Bonchev–Trinajstić information content (AvgIpc) is 2.38. The predicted octanol–water partition coefficient (Wildman–Crippen LogP) is 3.28. The zero-order valence-electron chi connectivity index (χ0n) is 11.1. The Morgan fingerprint density at radius 1 is 1.50 bits per heavy atom. The summed E-state index contributed by atoms with van der Waals surface area (Å²) >= 11 is 0. The quantitative estimate of drug-likeness (QED) is 0.791. The van der Waals surface area contributed by atoms with Crippen molar-refractivity contribution in [3.8, 4) is 0 Å². The highest BCUT2D eigenvalue weighted by Crippen LogP contribution is 2.20. The Kier molecular flexibility index (Phi) is 5.62. The van der Waals surface area contributed by atoms with Gasteiger partial charge in [-0.05, 0) is 25.5 Å². The molecule has 0 amide bonds. The lowest BCUT2D eigenvalue weighted by Crippen LogP contribution is -2.31. The highest BCUT2D eigenvalue weighted by atomic mass is 19.1. The van der Waals surface area contributed by atoms with Crippen LogP contribution in [0.25, 0.3) is 0 Å². The molecular weight excluding hydrogens is 233 g/mol. The molecule has 0 bridgehead atoms. The normalized spacial score (nSPS) is 12.0. The van der Waals surface area contributed by atoms with E-state index in [0.29, 0.717) is 17.7 Å². The van der Waals surface area contributed by atoms with E-state index >= 15 is 0 Å². The van der Waals surface area contributed by atoms with Crippen molar-refractivity contribution in [2.75, 3.05) is 12.4 Å². The first-order valence-electron chi connectivity index (χ1n) is 6.19. The van der Waals surface area contributed by atoms with Crippen molar-refractivity contribution >= 4 is 11.7 Å². The van der Waals surface area contributed by atoms with Gasteiger partial charge in [0.05, 0.1) is 7.11 Å². The Labute approximate surface area is 107 Å². The van der Waals surface area contributed by atoms with E-state index in [1.807, 2.05) is 0 Å². The standard InChI is InChI=1S/C14H20FNO2/c1-4-5-8-13(14(17)18-3)16-12-9-6-7-11(15)10(12)2/h6-7,9,13,16H,4-5,8H2,1-3H3. The Morgan fingerprint density at radius 3 is 2.83 bits per heavy atom. The number of hydrogen-bond donors (Lipinski definition) is 1. The number of carbonyl (C=O) groups excluding carboxylic acids is 1. The van der Waals surface area contributed by atoms with Crippen LogP contribution in [0.3, 0.4) is 0 Å². The first-order valence-corrected chi connectivity index (χ1v) is 6.19. The summed E-state index contributed by atoms with van der Waals surface area (Å²) in [4.78, 5) is 11.6. The lowest BCUT2D eigenvalue weighted by atomic mass is 10.1. The molecule has 0 fully saturated rings.